The van der Waals surface area contributed by atoms with Crippen molar-refractivity contribution < 1.29 is 18.7 Å². The lowest BCUT2D eigenvalue weighted by Gasteiger charge is -2.44. The third-order valence-electron chi connectivity index (χ3n) is 8.50. The molecule has 5 aliphatic rings. The van der Waals surface area contributed by atoms with Crippen LogP contribution in [0.3, 0.4) is 0 Å². The second kappa shape index (κ2) is 9.21. The van der Waals surface area contributed by atoms with E-state index in [9.17, 15) is 4.79 Å². The predicted octanol–water partition coefficient (Wildman–Crippen LogP) is 6.38. The summed E-state index contributed by atoms with van der Waals surface area (Å²) in [5, 5.41) is 3.57. The van der Waals surface area contributed by atoms with E-state index in [2.05, 4.69) is 24.1 Å². The molecule has 3 saturated heterocycles. The number of benzene rings is 2. The number of piperidine rings is 3. The molecule has 2 aliphatic carbocycles. The van der Waals surface area contributed by atoms with Crippen molar-refractivity contribution in [1.82, 2.24) is 10.2 Å². The Morgan fingerprint density at radius 1 is 1.17 bits per heavy atom. The van der Waals surface area contributed by atoms with E-state index >= 15 is 4.39 Å². The van der Waals surface area contributed by atoms with E-state index in [1.54, 1.807) is 12.1 Å². The molecule has 2 atom stereocenters. The van der Waals surface area contributed by atoms with Crippen LogP contribution in [0.2, 0.25) is 5.02 Å². The topological polar surface area (TPSA) is 50.8 Å². The number of amides is 1. The highest BCUT2D eigenvalue weighted by atomic mass is 35.5. The van der Waals surface area contributed by atoms with Crippen molar-refractivity contribution in [2.24, 2.45) is 17.3 Å². The molecule has 36 heavy (non-hydrogen) atoms. The van der Waals surface area contributed by atoms with Gasteiger partial charge in [0.05, 0.1) is 17.7 Å². The number of hydrogen-bond acceptors (Lipinski definition) is 4. The SMILES string of the molecule is CC1(C)Cc2cc(-c3ccc(OCC4CC4)c(Cl)c3)c(F)cc2[C@@H]1NC(=O)O[C@H]1CN2CCC1CC2. The standard InChI is InChI=1S/C29H34ClFN2O3/c1-29(2)14-20-11-21(19-5-6-25(23(30)12-19)35-16-17-3-4-17)24(31)13-22(20)27(29)32-28(34)36-26-15-33-9-7-18(26)8-10-33/h5-6,11-13,17-18,26-27H,3-4,7-10,14-16H2,1-2H3,(H,32,34)/t26-,27-/m0/s1. The Kier molecular flexibility index (Phi) is 6.16. The number of hydrogen-bond donors (Lipinski definition) is 1. The maximum absolute atomic E-state index is 15.4. The first kappa shape index (κ1) is 24.1. The van der Waals surface area contributed by atoms with Crippen molar-refractivity contribution in [3.8, 4) is 16.9 Å². The Labute approximate surface area is 217 Å². The summed E-state index contributed by atoms with van der Waals surface area (Å²) >= 11 is 6.47. The third kappa shape index (κ3) is 4.70. The third-order valence-corrected chi connectivity index (χ3v) is 8.79. The Morgan fingerprint density at radius 2 is 1.94 bits per heavy atom. The number of ether oxygens (including phenoxy) is 2. The maximum atomic E-state index is 15.4. The number of halogens is 2. The summed E-state index contributed by atoms with van der Waals surface area (Å²) in [6.07, 6.45) is 4.85. The van der Waals surface area contributed by atoms with Crippen molar-refractivity contribution in [3.05, 3.63) is 52.3 Å². The Balaban J connectivity index is 1.19. The summed E-state index contributed by atoms with van der Waals surface area (Å²) in [4.78, 5) is 15.3. The van der Waals surface area contributed by atoms with Crippen molar-refractivity contribution in [2.75, 3.05) is 26.2 Å². The fraction of sp³-hybridized carbons (Fsp3) is 0.552. The van der Waals surface area contributed by atoms with Gasteiger partial charge in [-0.25, -0.2) is 9.18 Å². The maximum Gasteiger partial charge on any atom is 0.407 e. The van der Waals surface area contributed by atoms with Gasteiger partial charge in [0.1, 0.15) is 17.7 Å². The first-order chi connectivity index (χ1) is 17.3. The first-order valence-electron chi connectivity index (χ1n) is 13.2. The lowest BCUT2D eigenvalue weighted by atomic mass is 9.85. The van der Waals surface area contributed by atoms with Crippen LogP contribution in [0.25, 0.3) is 11.1 Å². The van der Waals surface area contributed by atoms with Crippen LogP contribution in [-0.4, -0.2) is 43.3 Å². The molecule has 0 aromatic heterocycles. The molecule has 2 aromatic carbocycles. The fourth-order valence-corrected chi connectivity index (χ4v) is 6.41. The average molecular weight is 513 g/mol. The van der Waals surface area contributed by atoms with Crippen LogP contribution >= 0.6 is 11.6 Å². The van der Waals surface area contributed by atoms with Crippen molar-refractivity contribution in [1.29, 1.82) is 0 Å². The molecule has 0 radical (unpaired) electrons. The van der Waals surface area contributed by atoms with Crippen LogP contribution in [0.1, 0.15) is 56.7 Å². The number of alkyl carbamates (subject to hydrolysis) is 1. The number of nitrogens with zero attached hydrogens (tertiary/aromatic N) is 1. The van der Waals surface area contributed by atoms with Crippen molar-refractivity contribution in [3.63, 3.8) is 0 Å². The molecule has 2 bridgehead atoms. The van der Waals surface area contributed by atoms with Crippen LogP contribution < -0.4 is 10.1 Å². The Bertz CT molecular complexity index is 1170. The number of rotatable bonds is 6. The monoisotopic (exact) mass is 512 g/mol. The van der Waals surface area contributed by atoms with Gasteiger partial charge in [0, 0.05) is 12.1 Å². The smallest absolute Gasteiger partial charge is 0.407 e. The molecule has 4 fully saturated rings. The van der Waals surface area contributed by atoms with E-state index < -0.39 is 6.09 Å². The minimum atomic E-state index is -0.405. The van der Waals surface area contributed by atoms with Gasteiger partial charge in [-0.3, -0.25) is 4.90 Å². The minimum absolute atomic E-state index is 0.0587. The molecule has 1 N–H and O–H groups in total. The average Bonchev–Trinajstić information content (AvgIpc) is 3.64. The highest BCUT2D eigenvalue weighted by Crippen LogP contribution is 2.47. The Hall–Kier alpha value is -2.31. The summed E-state index contributed by atoms with van der Waals surface area (Å²) in [6, 6.07) is 8.63. The van der Waals surface area contributed by atoms with E-state index in [4.69, 9.17) is 21.1 Å². The molecule has 1 saturated carbocycles. The van der Waals surface area contributed by atoms with Gasteiger partial charge in [-0.15, -0.1) is 0 Å². The first-order valence-corrected chi connectivity index (χ1v) is 13.6. The van der Waals surface area contributed by atoms with Crippen LogP contribution in [0.15, 0.2) is 30.3 Å². The predicted molar refractivity (Wildman–Crippen MR) is 138 cm³/mol. The van der Waals surface area contributed by atoms with Gasteiger partial charge in [-0.1, -0.05) is 31.5 Å². The summed E-state index contributed by atoms with van der Waals surface area (Å²) in [7, 11) is 0. The van der Waals surface area contributed by atoms with Crippen molar-refractivity contribution >= 4 is 17.7 Å². The van der Waals surface area contributed by atoms with E-state index in [-0.39, 0.29) is 23.4 Å². The molecule has 7 heteroatoms. The largest absolute Gasteiger partial charge is 0.492 e. The van der Waals surface area contributed by atoms with Crippen LogP contribution in [0.5, 0.6) is 5.75 Å². The summed E-state index contributed by atoms with van der Waals surface area (Å²) < 4.78 is 27.1. The number of carbonyl (C=O) groups excluding carboxylic acids is 1. The second-order valence-electron chi connectivity index (χ2n) is 11.8. The molecular weight excluding hydrogens is 479 g/mol. The minimum Gasteiger partial charge on any atom is -0.492 e. The van der Waals surface area contributed by atoms with Gasteiger partial charge in [0.25, 0.3) is 0 Å². The summed E-state index contributed by atoms with van der Waals surface area (Å²) in [6.45, 7) is 7.89. The van der Waals surface area contributed by atoms with E-state index in [0.717, 1.165) is 55.6 Å². The molecule has 0 unspecified atom stereocenters. The Morgan fingerprint density at radius 3 is 2.61 bits per heavy atom. The van der Waals surface area contributed by atoms with Gasteiger partial charge >= 0.3 is 6.09 Å². The highest BCUT2D eigenvalue weighted by molar-refractivity contribution is 6.32. The molecule has 3 aliphatic heterocycles. The van der Waals surface area contributed by atoms with Gasteiger partial charge in [-0.05, 0) is 103 Å². The second-order valence-corrected chi connectivity index (χ2v) is 12.2. The molecule has 192 valence electrons. The zero-order valence-electron chi connectivity index (χ0n) is 21.0. The molecule has 0 spiro atoms. The molecule has 3 heterocycles. The van der Waals surface area contributed by atoms with E-state index in [0.29, 0.717) is 34.8 Å². The lowest BCUT2D eigenvalue weighted by molar-refractivity contribution is -0.0349. The summed E-state index contributed by atoms with van der Waals surface area (Å²) in [5.41, 5.74) is 2.82. The molecule has 5 nitrogen and oxygen atoms in total. The molecule has 2 aromatic rings. The van der Waals surface area contributed by atoms with Gasteiger partial charge in [0.15, 0.2) is 0 Å². The van der Waals surface area contributed by atoms with Crippen LogP contribution in [-0.2, 0) is 11.2 Å². The van der Waals surface area contributed by atoms with Crippen LogP contribution in [0.4, 0.5) is 9.18 Å². The normalized spacial score (nSPS) is 28.0. The van der Waals surface area contributed by atoms with Crippen LogP contribution in [0, 0.1) is 23.1 Å². The van der Waals surface area contributed by atoms with E-state index in [1.807, 2.05) is 18.2 Å². The molecular formula is C29H34ClFN2O3. The zero-order valence-corrected chi connectivity index (χ0v) is 21.7. The molecule has 1 amide bonds. The van der Waals surface area contributed by atoms with Gasteiger partial charge in [0.2, 0.25) is 0 Å². The summed E-state index contributed by atoms with van der Waals surface area (Å²) in [5.74, 6) is 1.39. The molecule has 7 rings (SSSR count). The fourth-order valence-electron chi connectivity index (χ4n) is 6.17. The van der Waals surface area contributed by atoms with Gasteiger partial charge in [-0.2, -0.15) is 0 Å². The van der Waals surface area contributed by atoms with Crippen molar-refractivity contribution in [2.45, 2.75) is 58.1 Å². The number of fused-ring (bicyclic) bond motifs is 4. The van der Waals surface area contributed by atoms with E-state index in [1.165, 1.54) is 12.8 Å². The number of nitrogens with one attached hydrogen (secondary N) is 1. The number of carbonyl (C=O) groups is 1. The highest BCUT2D eigenvalue weighted by Gasteiger charge is 2.42. The quantitative estimate of drug-likeness (QED) is 0.488. The zero-order chi connectivity index (χ0) is 25.0. The van der Waals surface area contributed by atoms with Gasteiger partial charge < -0.3 is 14.8 Å². The lowest BCUT2D eigenvalue weighted by Crippen LogP contribution is -2.53.